The van der Waals surface area contributed by atoms with Crippen LogP contribution in [0.4, 0.5) is 5.69 Å². The first kappa shape index (κ1) is 12.1. The van der Waals surface area contributed by atoms with Gasteiger partial charge in [-0.25, -0.2) is 0 Å². The van der Waals surface area contributed by atoms with E-state index in [1.807, 2.05) is 23.1 Å². The number of carbonyl (C=O) groups excluding carboxylic acids is 1. The van der Waals surface area contributed by atoms with E-state index in [0.29, 0.717) is 12.5 Å². The number of nitrogens with zero attached hydrogens (tertiary/aromatic N) is 1. The van der Waals surface area contributed by atoms with Crippen molar-refractivity contribution in [1.29, 1.82) is 0 Å². The largest absolute Gasteiger partial charge is 0.311 e. The molecule has 1 amide bonds. The lowest BCUT2D eigenvalue weighted by Gasteiger charge is -2.18. The van der Waals surface area contributed by atoms with Crippen LogP contribution in [0.25, 0.3) is 0 Å². The Morgan fingerprint density at radius 1 is 1.41 bits per heavy atom. The van der Waals surface area contributed by atoms with E-state index < -0.39 is 0 Å². The van der Waals surface area contributed by atoms with Crippen LogP contribution in [0.2, 0.25) is 0 Å². The highest BCUT2D eigenvalue weighted by Gasteiger charge is 2.23. The summed E-state index contributed by atoms with van der Waals surface area (Å²) in [6.45, 7) is 6.43. The van der Waals surface area contributed by atoms with E-state index in [9.17, 15) is 4.79 Å². The number of carbonyl (C=O) groups is 1. The fourth-order valence-electron chi connectivity index (χ4n) is 2.16. The molecule has 0 saturated heterocycles. The molecule has 0 bridgehead atoms. The van der Waals surface area contributed by atoms with Crippen molar-refractivity contribution in [3.8, 4) is 0 Å². The van der Waals surface area contributed by atoms with Gasteiger partial charge in [-0.1, -0.05) is 32.0 Å². The molecule has 1 N–H and O–H groups in total. The van der Waals surface area contributed by atoms with Gasteiger partial charge in [0, 0.05) is 12.2 Å². The number of hydrogen-bond donors (Lipinski definition) is 1. The van der Waals surface area contributed by atoms with E-state index in [0.717, 1.165) is 25.2 Å². The molecule has 3 heteroatoms. The summed E-state index contributed by atoms with van der Waals surface area (Å²) in [4.78, 5) is 13.9. The summed E-state index contributed by atoms with van der Waals surface area (Å²) in [5, 5.41) is 3.20. The quantitative estimate of drug-likeness (QED) is 0.859. The molecule has 3 nitrogen and oxygen atoms in total. The summed E-state index contributed by atoms with van der Waals surface area (Å²) in [7, 11) is 0. The average molecular weight is 232 g/mol. The Morgan fingerprint density at radius 3 is 2.94 bits per heavy atom. The van der Waals surface area contributed by atoms with Crippen LogP contribution in [0.3, 0.4) is 0 Å². The normalized spacial score (nSPS) is 14.2. The zero-order valence-corrected chi connectivity index (χ0v) is 10.6. The molecule has 1 aliphatic rings. The van der Waals surface area contributed by atoms with Gasteiger partial charge in [0.05, 0.1) is 6.54 Å². The first-order valence-corrected chi connectivity index (χ1v) is 6.27. The summed E-state index contributed by atoms with van der Waals surface area (Å²) in [6, 6.07) is 8.16. The van der Waals surface area contributed by atoms with E-state index in [4.69, 9.17) is 0 Å². The Labute approximate surface area is 103 Å². The van der Waals surface area contributed by atoms with Gasteiger partial charge >= 0.3 is 0 Å². The van der Waals surface area contributed by atoms with Crippen LogP contribution in [-0.4, -0.2) is 25.5 Å². The van der Waals surface area contributed by atoms with Crippen molar-refractivity contribution in [1.82, 2.24) is 5.32 Å². The third kappa shape index (κ3) is 2.86. The smallest absolute Gasteiger partial charge is 0.240 e. The number of benzene rings is 1. The Balaban J connectivity index is 1.93. The minimum absolute atomic E-state index is 0.176. The highest BCUT2D eigenvalue weighted by Crippen LogP contribution is 2.27. The second-order valence-electron chi connectivity index (χ2n) is 4.95. The Hall–Kier alpha value is -1.35. The molecule has 0 fully saturated rings. The number of hydrogen-bond acceptors (Lipinski definition) is 2. The third-order valence-corrected chi connectivity index (χ3v) is 3.02. The molecule has 1 aliphatic heterocycles. The molecule has 0 unspecified atom stereocenters. The maximum absolute atomic E-state index is 12.1. The lowest BCUT2D eigenvalue weighted by atomic mass is 10.2. The van der Waals surface area contributed by atoms with E-state index in [-0.39, 0.29) is 5.91 Å². The minimum atomic E-state index is 0.176. The molecule has 1 aromatic carbocycles. The third-order valence-electron chi connectivity index (χ3n) is 3.02. The second kappa shape index (κ2) is 5.32. The first-order valence-electron chi connectivity index (χ1n) is 6.27. The highest BCUT2D eigenvalue weighted by molar-refractivity contribution is 5.96. The van der Waals surface area contributed by atoms with Crippen LogP contribution in [0.15, 0.2) is 24.3 Å². The van der Waals surface area contributed by atoms with Gasteiger partial charge in [0.25, 0.3) is 0 Å². The molecular formula is C14H20N2O. The monoisotopic (exact) mass is 232 g/mol. The predicted molar refractivity (Wildman–Crippen MR) is 70.2 cm³/mol. The fraction of sp³-hybridized carbons (Fsp3) is 0.500. The molecule has 92 valence electrons. The standard InChI is InChI=1S/C14H20N2O/c1-11(2)9-15-10-14(17)16-8-7-12-5-3-4-6-13(12)16/h3-6,11,15H,7-10H2,1-2H3. The summed E-state index contributed by atoms with van der Waals surface area (Å²) >= 11 is 0. The van der Waals surface area contributed by atoms with Gasteiger partial charge in [-0.05, 0) is 30.5 Å². The number of fused-ring (bicyclic) bond motifs is 1. The number of anilines is 1. The Bertz CT molecular complexity index is 401. The van der Waals surface area contributed by atoms with E-state index in [1.165, 1.54) is 5.56 Å². The molecule has 17 heavy (non-hydrogen) atoms. The molecule has 0 radical (unpaired) electrons. The molecule has 0 aliphatic carbocycles. The molecular weight excluding hydrogens is 212 g/mol. The Morgan fingerprint density at radius 2 is 2.18 bits per heavy atom. The van der Waals surface area contributed by atoms with Gasteiger partial charge < -0.3 is 10.2 Å². The van der Waals surface area contributed by atoms with Crippen LogP contribution in [0, 0.1) is 5.92 Å². The number of para-hydroxylation sites is 1. The zero-order valence-electron chi connectivity index (χ0n) is 10.6. The maximum Gasteiger partial charge on any atom is 0.240 e. The molecule has 2 rings (SSSR count). The molecule has 0 spiro atoms. The summed E-state index contributed by atoms with van der Waals surface area (Å²) in [5.74, 6) is 0.754. The lowest BCUT2D eigenvalue weighted by Crippen LogP contribution is -2.38. The van der Waals surface area contributed by atoms with Crippen LogP contribution in [0.1, 0.15) is 19.4 Å². The van der Waals surface area contributed by atoms with E-state index in [1.54, 1.807) is 0 Å². The van der Waals surface area contributed by atoms with Gasteiger partial charge in [-0.2, -0.15) is 0 Å². The second-order valence-corrected chi connectivity index (χ2v) is 4.95. The summed E-state index contributed by atoms with van der Waals surface area (Å²) < 4.78 is 0. The van der Waals surface area contributed by atoms with Crippen LogP contribution < -0.4 is 10.2 Å². The number of nitrogens with one attached hydrogen (secondary N) is 1. The molecule has 0 atom stereocenters. The van der Waals surface area contributed by atoms with Crippen molar-refractivity contribution >= 4 is 11.6 Å². The van der Waals surface area contributed by atoms with Gasteiger partial charge in [0.15, 0.2) is 0 Å². The topological polar surface area (TPSA) is 32.3 Å². The zero-order chi connectivity index (χ0) is 12.3. The Kier molecular flexibility index (Phi) is 3.79. The number of amides is 1. The van der Waals surface area contributed by atoms with Gasteiger partial charge in [0.2, 0.25) is 5.91 Å². The van der Waals surface area contributed by atoms with Crippen LogP contribution in [0.5, 0.6) is 0 Å². The number of rotatable bonds is 4. The van der Waals surface area contributed by atoms with Gasteiger partial charge in [0.1, 0.15) is 0 Å². The van der Waals surface area contributed by atoms with E-state index >= 15 is 0 Å². The molecule has 1 aromatic rings. The summed E-state index contributed by atoms with van der Waals surface area (Å²) in [5.41, 5.74) is 2.37. The van der Waals surface area contributed by atoms with Crippen molar-refractivity contribution in [2.45, 2.75) is 20.3 Å². The minimum Gasteiger partial charge on any atom is -0.311 e. The van der Waals surface area contributed by atoms with Crippen molar-refractivity contribution in [2.75, 3.05) is 24.5 Å². The first-order chi connectivity index (χ1) is 8.18. The predicted octanol–water partition coefficient (Wildman–Crippen LogP) is 1.82. The van der Waals surface area contributed by atoms with E-state index in [2.05, 4.69) is 25.2 Å². The molecule has 1 heterocycles. The van der Waals surface area contributed by atoms with Crippen molar-refractivity contribution in [2.24, 2.45) is 5.92 Å². The van der Waals surface area contributed by atoms with Gasteiger partial charge in [-0.15, -0.1) is 0 Å². The fourth-order valence-corrected chi connectivity index (χ4v) is 2.16. The van der Waals surface area contributed by atoms with Crippen molar-refractivity contribution in [3.63, 3.8) is 0 Å². The average Bonchev–Trinajstić information content (AvgIpc) is 2.72. The lowest BCUT2D eigenvalue weighted by molar-refractivity contribution is -0.117. The SMILES string of the molecule is CC(C)CNCC(=O)N1CCc2ccccc21. The van der Waals surface area contributed by atoms with Crippen molar-refractivity contribution < 1.29 is 4.79 Å². The maximum atomic E-state index is 12.1. The summed E-state index contributed by atoms with van der Waals surface area (Å²) in [6.07, 6.45) is 0.978. The van der Waals surface area contributed by atoms with Crippen molar-refractivity contribution in [3.05, 3.63) is 29.8 Å². The van der Waals surface area contributed by atoms with Gasteiger partial charge in [-0.3, -0.25) is 4.79 Å². The molecule has 0 aromatic heterocycles. The van der Waals surface area contributed by atoms with Crippen LogP contribution >= 0.6 is 0 Å². The molecule has 0 saturated carbocycles. The highest BCUT2D eigenvalue weighted by atomic mass is 16.2. The van der Waals surface area contributed by atoms with Crippen LogP contribution in [-0.2, 0) is 11.2 Å².